The van der Waals surface area contributed by atoms with Gasteiger partial charge in [0.2, 0.25) is 5.91 Å². The molecule has 2 amide bonds. The fourth-order valence-electron chi connectivity index (χ4n) is 3.15. The lowest BCUT2D eigenvalue weighted by atomic mass is 9.90. The topological polar surface area (TPSA) is 71.0 Å². The second kappa shape index (κ2) is 6.05. The molecule has 6 heteroatoms. The van der Waals surface area contributed by atoms with E-state index in [1.165, 1.54) is 11.9 Å². The molecule has 2 aliphatic heterocycles. The van der Waals surface area contributed by atoms with Gasteiger partial charge in [0.05, 0.1) is 17.9 Å². The van der Waals surface area contributed by atoms with Crippen molar-refractivity contribution >= 4 is 23.2 Å². The second-order valence-corrected chi connectivity index (χ2v) is 6.10. The van der Waals surface area contributed by atoms with E-state index in [-0.39, 0.29) is 24.3 Å². The standard InChI is InChI=1S/C19H17N3O3/c1-12(23)22-10-15(13-5-3-2-4-6-13)19(21-22)14-7-8-17-16(9-14)20-18(24)11-25-17/h2-9,15H,10-11H2,1H3,(H,20,24). The van der Waals surface area contributed by atoms with Gasteiger partial charge in [-0.2, -0.15) is 5.10 Å². The maximum atomic E-state index is 11.8. The van der Waals surface area contributed by atoms with Gasteiger partial charge in [0.15, 0.2) is 6.61 Å². The molecule has 0 saturated heterocycles. The molecule has 0 aliphatic carbocycles. The number of fused-ring (bicyclic) bond motifs is 1. The zero-order chi connectivity index (χ0) is 17.4. The molecule has 2 heterocycles. The van der Waals surface area contributed by atoms with Crippen LogP contribution in [0.1, 0.15) is 24.0 Å². The fourth-order valence-corrected chi connectivity index (χ4v) is 3.15. The van der Waals surface area contributed by atoms with Gasteiger partial charge in [-0.1, -0.05) is 30.3 Å². The molecule has 0 fully saturated rings. The predicted molar refractivity (Wildman–Crippen MR) is 93.7 cm³/mol. The predicted octanol–water partition coefficient (Wildman–Crippen LogP) is 2.37. The summed E-state index contributed by atoms with van der Waals surface area (Å²) in [6, 6.07) is 15.6. The van der Waals surface area contributed by atoms with E-state index in [1.807, 2.05) is 48.5 Å². The average Bonchev–Trinajstić information content (AvgIpc) is 3.07. The highest BCUT2D eigenvalue weighted by atomic mass is 16.5. The first kappa shape index (κ1) is 15.4. The lowest BCUT2D eigenvalue weighted by molar-refractivity contribution is -0.128. The maximum absolute atomic E-state index is 11.8. The smallest absolute Gasteiger partial charge is 0.262 e. The highest BCUT2D eigenvalue weighted by Crippen LogP contribution is 2.33. The third-order valence-corrected chi connectivity index (χ3v) is 4.39. The number of hydrazone groups is 1. The van der Waals surface area contributed by atoms with Crippen molar-refractivity contribution in [2.75, 3.05) is 18.5 Å². The minimum absolute atomic E-state index is 0.0108. The summed E-state index contributed by atoms with van der Waals surface area (Å²) in [6.45, 7) is 2.04. The molecule has 1 atom stereocenters. The number of carbonyl (C=O) groups is 2. The molecular weight excluding hydrogens is 318 g/mol. The Kier molecular flexibility index (Phi) is 3.72. The number of hydrogen-bond acceptors (Lipinski definition) is 4. The molecule has 4 rings (SSSR count). The summed E-state index contributed by atoms with van der Waals surface area (Å²) in [5.41, 5.74) is 3.40. The molecule has 0 bridgehead atoms. The number of amides is 2. The van der Waals surface area contributed by atoms with E-state index < -0.39 is 0 Å². The van der Waals surface area contributed by atoms with Crippen LogP contribution < -0.4 is 10.1 Å². The van der Waals surface area contributed by atoms with Crippen LogP contribution in [0, 0.1) is 0 Å². The van der Waals surface area contributed by atoms with Crippen LogP contribution in [-0.4, -0.2) is 35.7 Å². The molecule has 1 unspecified atom stereocenters. The van der Waals surface area contributed by atoms with Crippen LogP contribution in [0.3, 0.4) is 0 Å². The third-order valence-electron chi connectivity index (χ3n) is 4.39. The van der Waals surface area contributed by atoms with E-state index in [2.05, 4.69) is 10.4 Å². The number of benzene rings is 2. The summed E-state index contributed by atoms with van der Waals surface area (Å²) in [6.07, 6.45) is 0. The van der Waals surface area contributed by atoms with Gasteiger partial charge < -0.3 is 10.1 Å². The summed E-state index contributed by atoms with van der Waals surface area (Å²) in [5, 5.41) is 8.83. The Labute approximate surface area is 145 Å². The van der Waals surface area contributed by atoms with E-state index in [0.717, 1.165) is 16.8 Å². The van der Waals surface area contributed by atoms with Crippen molar-refractivity contribution in [2.45, 2.75) is 12.8 Å². The Balaban J connectivity index is 1.75. The summed E-state index contributed by atoms with van der Waals surface area (Å²) < 4.78 is 5.41. The van der Waals surface area contributed by atoms with Crippen molar-refractivity contribution in [1.29, 1.82) is 0 Å². The highest BCUT2D eigenvalue weighted by Gasteiger charge is 2.31. The molecule has 0 radical (unpaired) electrons. The van der Waals surface area contributed by atoms with Crippen LogP contribution in [0.2, 0.25) is 0 Å². The second-order valence-electron chi connectivity index (χ2n) is 6.10. The summed E-state index contributed by atoms with van der Waals surface area (Å²) in [5.74, 6) is 0.360. The Morgan fingerprint density at radius 3 is 2.80 bits per heavy atom. The molecule has 0 saturated carbocycles. The van der Waals surface area contributed by atoms with Gasteiger partial charge in [0.1, 0.15) is 5.75 Å². The third kappa shape index (κ3) is 2.87. The number of hydrogen-bond donors (Lipinski definition) is 1. The van der Waals surface area contributed by atoms with Gasteiger partial charge in [-0.3, -0.25) is 9.59 Å². The van der Waals surface area contributed by atoms with Crippen molar-refractivity contribution in [2.24, 2.45) is 5.10 Å². The molecule has 25 heavy (non-hydrogen) atoms. The van der Waals surface area contributed by atoms with E-state index in [0.29, 0.717) is 18.0 Å². The lowest BCUT2D eigenvalue weighted by Crippen LogP contribution is -2.25. The fraction of sp³-hybridized carbons (Fsp3) is 0.211. The van der Waals surface area contributed by atoms with Gasteiger partial charge in [-0.05, 0) is 23.8 Å². The van der Waals surface area contributed by atoms with Crippen LogP contribution in [-0.2, 0) is 9.59 Å². The van der Waals surface area contributed by atoms with Crippen LogP contribution >= 0.6 is 0 Å². The summed E-state index contributed by atoms with van der Waals surface area (Å²) in [4.78, 5) is 23.4. The van der Waals surface area contributed by atoms with Gasteiger partial charge in [0, 0.05) is 18.4 Å². The number of ether oxygens (including phenoxy) is 1. The molecule has 1 N–H and O–H groups in total. The van der Waals surface area contributed by atoms with Crippen LogP contribution in [0.4, 0.5) is 5.69 Å². The molecular formula is C19H17N3O3. The number of anilines is 1. The van der Waals surface area contributed by atoms with Crippen molar-refractivity contribution in [3.8, 4) is 5.75 Å². The first-order chi connectivity index (χ1) is 12.1. The molecule has 0 spiro atoms. The minimum Gasteiger partial charge on any atom is -0.482 e. The first-order valence-electron chi connectivity index (χ1n) is 8.10. The molecule has 6 nitrogen and oxygen atoms in total. The zero-order valence-corrected chi connectivity index (χ0v) is 13.7. The van der Waals surface area contributed by atoms with E-state index >= 15 is 0 Å². The normalized spacial score (nSPS) is 18.9. The molecule has 2 aromatic carbocycles. The van der Waals surface area contributed by atoms with Crippen LogP contribution in [0.15, 0.2) is 53.6 Å². The average molecular weight is 335 g/mol. The Morgan fingerprint density at radius 2 is 2.04 bits per heavy atom. The van der Waals surface area contributed by atoms with Gasteiger partial charge in [0.25, 0.3) is 5.91 Å². The van der Waals surface area contributed by atoms with Crippen molar-refractivity contribution in [1.82, 2.24) is 5.01 Å². The first-order valence-corrected chi connectivity index (χ1v) is 8.10. The molecule has 126 valence electrons. The van der Waals surface area contributed by atoms with E-state index in [4.69, 9.17) is 4.74 Å². The minimum atomic E-state index is -0.178. The van der Waals surface area contributed by atoms with Crippen LogP contribution in [0.5, 0.6) is 5.75 Å². The van der Waals surface area contributed by atoms with Crippen molar-refractivity contribution in [3.05, 3.63) is 59.7 Å². The maximum Gasteiger partial charge on any atom is 0.262 e. The Hall–Kier alpha value is -3.15. The van der Waals surface area contributed by atoms with Gasteiger partial charge >= 0.3 is 0 Å². The number of nitrogens with zero attached hydrogens (tertiary/aromatic N) is 2. The Morgan fingerprint density at radius 1 is 1.24 bits per heavy atom. The molecule has 2 aliphatic rings. The summed E-state index contributed by atoms with van der Waals surface area (Å²) >= 11 is 0. The SMILES string of the molecule is CC(=O)N1CC(c2ccccc2)C(c2ccc3c(c2)NC(=O)CO3)=N1. The van der Waals surface area contributed by atoms with Crippen molar-refractivity contribution in [3.63, 3.8) is 0 Å². The molecule has 0 aromatic heterocycles. The zero-order valence-electron chi connectivity index (χ0n) is 13.7. The van der Waals surface area contributed by atoms with Crippen molar-refractivity contribution < 1.29 is 14.3 Å². The summed E-state index contributed by atoms with van der Waals surface area (Å²) in [7, 11) is 0. The van der Waals surface area contributed by atoms with E-state index in [9.17, 15) is 9.59 Å². The highest BCUT2D eigenvalue weighted by molar-refractivity contribution is 6.08. The Bertz CT molecular complexity index is 877. The number of nitrogens with one attached hydrogen (secondary N) is 1. The van der Waals surface area contributed by atoms with Crippen LogP contribution in [0.25, 0.3) is 0 Å². The van der Waals surface area contributed by atoms with Gasteiger partial charge in [-0.15, -0.1) is 0 Å². The van der Waals surface area contributed by atoms with E-state index in [1.54, 1.807) is 0 Å². The van der Waals surface area contributed by atoms with Gasteiger partial charge in [-0.25, -0.2) is 5.01 Å². The number of rotatable bonds is 2. The monoisotopic (exact) mass is 335 g/mol. The lowest BCUT2D eigenvalue weighted by Gasteiger charge is -2.19. The largest absolute Gasteiger partial charge is 0.482 e. The molecule has 2 aromatic rings. The number of carbonyl (C=O) groups excluding carboxylic acids is 2. The quantitative estimate of drug-likeness (QED) is 0.916.